The molecule has 0 aliphatic carbocycles. The van der Waals surface area contributed by atoms with Gasteiger partial charge in [0.05, 0.1) is 17.2 Å². The second-order valence-corrected chi connectivity index (χ2v) is 18.2. The number of hydrogen-bond donors (Lipinski definition) is 3. The van der Waals surface area contributed by atoms with E-state index in [2.05, 4.69) is 64.2 Å². The van der Waals surface area contributed by atoms with Crippen LogP contribution in [0.1, 0.15) is 26.3 Å². The van der Waals surface area contributed by atoms with Crippen LogP contribution in [0.5, 0.6) is 0 Å². The minimum atomic E-state index is -4.05. The minimum Gasteiger partial charge on any atom is -0.413 e. The smallest absolute Gasteiger partial charge is 0.289 e. The lowest BCUT2D eigenvalue weighted by Crippen LogP contribution is -2.40. The number of aromatic nitrogens is 3. The third-order valence-corrected chi connectivity index (χ3v) is 13.4. The third kappa shape index (κ3) is 8.44. The fraction of sp³-hybridized carbons (Fsp3) is 0.300. The Morgan fingerprint density at radius 1 is 0.977 bits per heavy atom. The summed E-state index contributed by atoms with van der Waals surface area (Å²) in [5.41, 5.74) is 2.89. The van der Waals surface area contributed by atoms with Crippen LogP contribution >= 0.6 is 0 Å². The first-order chi connectivity index (χ1) is 20.7. The van der Waals surface area contributed by atoms with E-state index in [0.29, 0.717) is 24.1 Å². The summed E-state index contributed by atoms with van der Waals surface area (Å²) in [7, 11) is -5.92. The van der Waals surface area contributed by atoms with Gasteiger partial charge in [-0.15, -0.1) is 0 Å². The zero-order chi connectivity index (χ0) is 32.0. The van der Waals surface area contributed by atoms with Gasteiger partial charge in [-0.1, -0.05) is 45.0 Å². The Kier molecular flexibility index (Phi) is 10.1. The van der Waals surface area contributed by atoms with Gasteiger partial charge in [0, 0.05) is 42.8 Å². The number of nitro groups is 1. The number of nitro benzene ring substituents is 1. The summed E-state index contributed by atoms with van der Waals surface area (Å²) in [6.07, 6.45) is 3.33. The van der Waals surface area contributed by atoms with Crippen LogP contribution in [0.3, 0.4) is 0 Å². The van der Waals surface area contributed by atoms with Gasteiger partial charge >= 0.3 is 0 Å². The molecule has 0 spiro atoms. The molecule has 0 fully saturated rings. The fourth-order valence-electron chi connectivity index (χ4n) is 3.87. The summed E-state index contributed by atoms with van der Waals surface area (Å²) < 4.78 is 33.8. The first-order valence-electron chi connectivity index (χ1n) is 14.0. The highest BCUT2D eigenvalue weighted by Gasteiger charge is 2.37. The molecule has 2 heterocycles. The first kappa shape index (κ1) is 32.7. The van der Waals surface area contributed by atoms with Crippen LogP contribution in [0.25, 0.3) is 11.3 Å². The molecule has 0 aliphatic rings. The second kappa shape index (κ2) is 13.6. The molecular formula is C30H37N7O5SSi. The number of nitrogens with zero attached hydrogens (tertiary/aromatic N) is 4. The van der Waals surface area contributed by atoms with Crippen molar-refractivity contribution in [3.05, 3.63) is 94.8 Å². The monoisotopic (exact) mass is 635 g/mol. The zero-order valence-corrected chi connectivity index (χ0v) is 27.2. The van der Waals surface area contributed by atoms with Crippen molar-refractivity contribution >= 4 is 41.5 Å². The molecule has 0 unspecified atom stereocenters. The molecule has 2 aromatic carbocycles. The summed E-state index contributed by atoms with van der Waals surface area (Å²) >= 11 is 0. The van der Waals surface area contributed by atoms with Gasteiger partial charge in [0.2, 0.25) is 16.0 Å². The van der Waals surface area contributed by atoms with Crippen LogP contribution in [0, 0.1) is 10.1 Å². The number of hydrogen-bond acceptors (Lipinski definition) is 10. The Bertz CT molecular complexity index is 1710. The van der Waals surface area contributed by atoms with Gasteiger partial charge in [0.15, 0.2) is 13.2 Å². The normalized spacial score (nSPS) is 12.1. The zero-order valence-electron chi connectivity index (χ0n) is 25.4. The van der Waals surface area contributed by atoms with E-state index in [1.165, 1.54) is 18.2 Å². The summed E-state index contributed by atoms with van der Waals surface area (Å²) in [6, 6.07) is 18.6. The molecule has 0 aliphatic heterocycles. The molecule has 232 valence electrons. The van der Waals surface area contributed by atoms with Gasteiger partial charge in [0.25, 0.3) is 5.69 Å². The molecule has 12 nitrogen and oxygen atoms in total. The predicted octanol–water partition coefficient (Wildman–Crippen LogP) is 6.10. The van der Waals surface area contributed by atoms with Crippen molar-refractivity contribution < 1.29 is 17.8 Å². The van der Waals surface area contributed by atoms with E-state index >= 15 is 0 Å². The van der Waals surface area contributed by atoms with Crippen molar-refractivity contribution in [3.8, 4) is 11.3 Å². The van der Waals surface area contributed by atoms with Gasteiger partial charge in [-0.2, -0.15) is 0 Å². The largest absolute Gasteiger partial charge is 0.413 e. The standard InChI is InChI=1S/C30H37N7O5SSi/c1-30(2,3)44(4,5)42-21-22-9-8-10-24(19-22)35-29-32-16-15-25(36-29)23-13-14-28(33-20-23)31-17-18-34-43(40,41)27-12-7-6-11-26(27)37(38)39/h6-16,19-20,34H,17-18,21H2,1-5H3,(H,31,33)(H,32,35,36). The van der Waals surface area contributed by atoms with Crippen molar-refractivity contribution in [2.45, 2.75) is 50.4 Å². The number of rotatable bonds is 13. The van der Waals surface area contributed by atoms with Crippen molar-refractivity contribution in [1.29, 1.82) is 0 Å². The van der Waals surface area contributed by atoms with Gasteiger partial charge in [-0.25, -0.2) is 28.1 Å². The third-order valence-electron chi connectivity index (χ3n) is 7.38. The average Bonchev–Trinajstić information content (AvgIpc) is 2.98. The first-order valence-corrected chi connectivity index (χ1v) is 18.4. The molecule has 4 aromatic rings. The lowest BCUT2D eigenvalue weighted by atomic mass is 10.2. The summed E-state index contributed by atoms with van der Waals surface area (Å²) in [6.45, 7) is 11.9. The van der Waals surface area contributed by atoms with E-state index < -0.39 is 29.0 Å². The molecular weight excluding hydrogens is 599 g/mol. The van der Waals surface area contributed by atoms with Gasteiger partial charge in [0.1, 0.15) is 5.82 Å². The Morgan fingerprint density at radius 2 is 1.75 bits per heavy atom. The number of sulfonamides is 1. The van der Waals surface area contributed by atoms with Crippen LogP contribution in [0.2, 0.25) is 18.1 Å². The van der Waals surface area contributed by atoms with Crippen LogP contribution in [-0.2, 0) is 21.1 Å². The average molecular weight is 636 g/mol. The molecule has 0 radical (unpaired) electrons. The van der Waals surface area contributed by atoms with E-state index in [1.807, 2.05) is 30.3 Å². The van der Waals surface area contributed by atoms with Crippen LogP contribution in [-0.4, -0.2) is 49.7 Å². The van der Waals surface area contributed by atoms with Crippen molar-refractivity contribution in [1.82, 2.24) is 19.7 Å². The van der Waals surface area contributed by atoms with E-state index in [1.54, 1.807) is 24.5 Å². The number of para-hydroxylation sites is 1. The fourth-order valence-corrected chi connectivity index (χ4v) is 6.03. The van der Waals surface area contributed by atoms with E-state index in [0.717, 1.165) is 22.9 Å². The molecule has 0 atom stereocenters. The van der Waals surface area contributed by atoms with Crippen LogP contribution in [0.15, 0.2) is 84.0 Å². The molecule has 4 rings (SSSR count). The van der Waals surface area contributed by atoms with Crippen molar-refractivity contribution in [3.63, 3.8) is 0 Å². The molecule has 44 heavy (non-hydrogen) atoms. The highest BCUT2D eigenvalue weighted by Crippen LogP contribution is 2.37. The molecule has 0 amide bonds. The maximum Gasteiger partial charge on any atom is 0.289 e. The van der Waals surface area contributed by atoms with E-state index in [4.69, 9.17) is 4.43 Å². The number of nitrogens with one attached hydrogen (secondary N) is 3. The minimum absolute atomic E-state index is 0.00235. The SMILES string of the molecule is CC(C)(C)[Si](C)(C)OCc1cccc(Nc2nccc(-c3ccc(NCCNS(=O)(=O)c4ccccc4[N+](=O)[O-])nc3)n2)c1. The van der Waals surface area contributed by atoms with Gasteiger partial charge in [-0.3, -0.25) is 10.1 Å². The Morgan fingerprint density at radius 3 is 2.45 bits per heavy atom. The van der Waals surface area contributed by atoms with Gasteiger partial charge in [-0.05, 0) is 60.1 Å². The topological polar surface area (TPSA) is 161 Å². The predicted molar refractivity (Wildman–Crippen MR) is 174 cm³/mol. The molecule has 0 saturated heterocycles. The number of anilines is 3. The summed E-state index contributed by atoms with van der Waals surface area (Å²) in [4.78, 5) is 23.5. The molecule has 0 bridgehead atoms. The molecule has 3 N–H and O–H groups in total. The van der Waals surface area contributed by atoms with E-state index in [9.17, 15) is 18.5 Å². The highest BCUT2D eigenvalue weighted by atomic mass is 32.2. The Balaban J connectivity index is 1.33. The summed E-state index contributed by atoms with van der Waals surface area (Å²) in [5.74, 6) is 0.973. The number of benzene rings is 2. The molecule has 2 aromatic heterocycles. The Hall–Kier alpha value is -4.24. The molecule has 0 saturated carbocycles. The van der Waals surface area contributed by atoms with E-state index in [-0.39, 0.29) is 23.0 Å². The highest BCUT2D eigenvalue weighted by molar-refractivity contribution is 7.89. The quantitative estimate of drug-likeness (QED) is 0.0677. The van der Waals surface area contributed by atoms with Crippen molar-refractivity contribution in [2.75, 3.05) is 23.7 Å². The molecule has 14 heteroatoms. The maximum atomic E-state index is 12.5. The van der Waals surface area contributed by atoms with Crippen molar-refractivity contribution in [2.24, 2.45) is 0 Å². The van der Waals surface area contributed by atoms with Crippen LogP contribution < -0.4 is 15.4 Å². The lowest BCUT2D eigenvalue weighted by molar-refractivity contribution is -0.387. The maximum absolute atomic E-state index is 12.5. The number of pyridine rings is 1. The Labute approximate surface area is 258 Å². The summed E-state index contributed by atoms with van der Waals surface area (Å²) in [5, 5.41) is 17.6. The second-order valence-electron chi connectivity index (χ2n) is 11.6. The van der Waals surface area contributed by atoms with Crippen LogP contribution in [0.4, 0.5) is 23.1 Å². The van der Waals surface area contributed by atoms with Gasteiger partial charge < -0.3 is 15.1 Å². The lowest BCUT2D eigenvalue weighted by Gasteiger charge is -2.36.